The highest BCUT2D eigenvalue weighted by molar-refractivity contribution is 5.73. The van der Waals surface area contributed by atoms with Crippen LogP contribution in [0.4, 0.5) is 0 Å². The minimum absolute atomic E-state index is 0.111. The Labute approximate surface area is 312 Å². The molecule has 2 aromatic rings. The standard InChI is InChI=1S/2C23H32O3/c2*1-3-4-5-22(25)26-16-7-9-17-15(14-16)6-8-19-18(17)12-13-23(2)20(19)10-11-21(23)24/h2*7,9,14,18-21,24H,3-6,8,10-13H2,1-2H3/t2*18?,19?,20?,21-,23-/m00/s1. The average molecular weight is 713 g/mol. The van der Waals surface area contributed by atoms with Gasteiger partial charge in [0, 0.05) is 12.8 Å². The lowest BCUT2D eigenvalue weighted by molar-refractivity contribution is -0.135. The molecule has 6 heteroatoms. The Morgan fingerprint density at radius 3 is 1.46 bits per heavy atom. The van der Waals surface area contributed by atoms with Crippen molar-refractivity contribution in [1.82, 2.24) is 0 Å². The number of benzene rings is 2. The van der Waals surface area contributed by atoms with E-state index in [1.165, 1.54) is 60.8 Å². The van der Waals surface area contributed by atoms with Crippen LogP contribution in [0.15, 0.2) is 36.4 Å². The first-order valence-corrected chi connectivity index (χ1v) is 21.1. The summed E-state index contributed by atoms with van der Waals surface area (Å²) in [5.41, 5.74) is 5.94. The van der Waals surface area contributed by atoms with Crippen LogP contribution in [0, 0.1) is 34.5 Å². The fraction of sp³-hybridized carbons (Fsp3) is 0.696. The molecule has 4 fully saturated rings. The zero-order valence-electron chi connectivity index (χ0n) is 32.3. The molecule has 6 aliphatic rings. The van der Waals surface area contributed by atoms with Crippen molar-refractivity contribution in [2.45, 2.75) is 167 Å². The van der Waals surface area contributed by atoms with E-state index in [-0.39, 0.29) is 35.0 Å². The normalized spacial score (nSPS) is 35.3. The summed E-state index contributed by atoms with van der Waals surface area (Å²) >= 11 is 0. The van der Waals surface area contributed by atoms with Gasteiger partial charge in [0.1, 0.15) is 11.5 Å². The van der Waals surface area contributed by atoms with E-state index in [1.807, 2.05) is 12.1 Å². The van der Waals surface area contributed by atoms with E-state index in [0.717, 1.165) is 64.2 Å². The Balaban J connectivity index is 0.000000162. The molecule has 0 aliphatic heterocycles. The van der Waals surface area contributed by atoms with Crippen molar-refractivity contribution >= 4 is 11.9 Å². The van der Waals surface area contributed by atoms with Gasteiger partial charge in [-0.05, 0) is 183 Å². The van der Waals surface area contributed by atoms with Gasteiger partial charge in [0.2, 0.25) is 0 Å². The Bertz CT molecular complexity index is 1480. The molecular formula is C46H64O6. The van der Waals surface area contributed by atoms with Crippen LogP contribution in [0.3, 0.4) is 0 Å². The largest absolute Gasteiger partial charge is 0.427 e. The first kappa shape index (κ1) is 37.6. The maximum atomic E-state index is 11.9. The minimum Gasteiger partial charge on any atom is -0.427 e. The molecule has 2 N–H and O–H groups in total. The van der Waals surface area contributed by atoms with Crippen LogP contribution < -0.4 is 9.47 Å². The van der Waals surface area contributed by atoms with Gasteiger partial charge in [-0.1, -0.05) is 52.7 Å². The van der Waals surface area contributed by atoms with Crippen molar-refractivity contribution in [3.63, 3.8) is 0 Å². The number of unbranched alkanes of at least 4 members (excludes halogenated alkanes) is 2. The predicted molar refractivity (Wildman–Crippen MR) is 204 cm³/mol. The van der Waals surface area contributed by atoms with E-state index >= 15 is 0 Å². The molecule has 0 heterocycles. The van der Waals surface area contributed by atoms with Gasteiger partial charge in [0.05, 0.1) is 12.2 Å². The lowest BCUT2D eigenvalue weighted by atomic mass is 9.55. The summed E-state index contributed by atoms with van der Waals surface area (Å²) < 4.78 is 11.1. The van der Waals surface area contributed by atoms with E-state index in [0.29, 0.717) is 59.8 Å². The first-order chi connectivity index (χ1) is 25.1. The van der Waals surface area contributed by atoms with Gasteiger partial charge in [0.25, 0.3) is 0 Å². The maximum absolute atomic E-state index is 11.9. The molecule has 8 rings (SSSR count). The number of ether oxygens (including phenoxy) is 2. The summed E-state index contributed by atoms with van der Waals surface area (Å²) in [6, 6.07) is 12.6. The van der Waals surface area contributed by atoms with Gasteiger partial charge < -0.3 is 19.7 Å². The first-order valence-electron chi connectivity index (χ1n) is 21.1. The SMILES string of the molecule is CCCCC(=O)Oc1ccc2c(c1)CCC1C2CC[C@@]2(C)C1CC[C@@H]2O.CCCCC(=O)Oc1ccc2c(c1)CCC1C2CC[C@@]2(C)C1CC[C@@H]2O. The third-order valence-electron chi connectivity index (χ3n) is 15.2. The number of carbonyl (C=O) groups excluding carboxylic acids is 2. The Hall–Kier alpha value is -2.70. The molecule has 0 saturated heterocycles. The number of carbonyl (C=O) groups is 2. The highest BCUT2D eigenvalue weighted by atomic mass is 16.5. The van der Waals surface area contributed by atoms with Gasteiger partial charge in [-0.2, -0.15) is 0 Å². The van der Waals surface area contributed by atoms with E-state index in [9.17, 15) is 19.8 Å². The zero-order chi connectivity index (χ0) is 36.6. The molecule has 6 aliphatic carbocycles. The molecule has 6 unspecified atom stereocenters. The maximum Gasteiger partial charge on any atom is 0.311 e. The van der Waals surface area contributed by atoms with Crippen LogP contribution in [-0.4, -0.2) is 34.4 Å². The Morgan fingerprint density at radius 1 is 0.635 bits per heavy atom. The molecule has 0 aromatic heterocycles. The van der Waals surface area contributed by atoms with Gasteiger partial charge >= 0.3 is 11.9 Å². The summed E-state index contributed by atoms with van der Waals surface area (Å²) in [6.45, 7) is 8.81. The molecule has 0 radical (unpaired) electrons. The number of aliphatic hydroxyl groups excluding tert-OH is 2. The predicted octanol–water partition coefficient (Wildman–Crippen LogP) is 10.00. The highest BCUT2D eigenvalue weighted by Gasteiger charge is 2.55. The number of esters is 2. The third-order valence-corrected chi connectivity index (χ3v) is 15.2. The van der Waals surface area contributed by atoms with E-state index in [1.54, 1.807) is 0 Å². The second-order valence-electron chi connectivity index (χ2n) is 18.0. The molecule has 4 saturated carbocycles. The van der Waals surface area contributed by atoms with Crippen LogP contribution in [0.2, 0.25) is 0 Å². The van der Waals surface area contributed by atoms with Crippen LogP contribution in [0.5, 0.6) is 11.5 Å². The number of hydrogen-bond donors (Lipinski definition) is 2. The zero-order valence-corrected chi connectivity index (χ0v) is 32.3. The topological polar surface area (TPSA) is 93.1 Å². The third kappa shape index (κ3) is 7.12. The quantitative estimate of drug-likeness (QED) is 0.209. The summed E-state index contributed by atoms with van der Waals surface area (Å²) in [5.74, 6) is 5.15. The van der Waals surface area contributed by atoms with Crippen LogP contribution in [-0.2, 0) is 22.4 Å². The van der Waals surface area contributed by atoms with Gasteiger partial charge in [-0.3, -0.25) is 9.59 Å². The monoisotopic (exact) mass is 712 g/mol. The molecule has 284 valence electrons. The average Bonchev–Trinajstić information content (AvgIpc) is 3.63. The van der Waals surface area contributed by atoms with Crippen molar-refractivity contribution in [3.05, 3.63) is 58.7 Å². The number of aryl methyl sites for hydroxylation is 2. The van der Waals surface area contributed by atoms with Crippen molar-refractivity contribution in [1.29, 1.82) is 0 Å². The van der Waals surface area contributed by atoms with Crippen molar-refractivity contribution in [2.75, 3.05) is 0 Å². The van der Waals surface area contributed by atoms with Crippen LogP contribution in [0.25, 0.3) is 0 Å². The highest BCUT2D eigenvalue weighted by Crippen LogP contribution is 2.62. The molecule has 10 atom stereocenters. The lowest BCUT2D eigenvalue weighted by Gasteiger charge is -2.50. The van der Waals surface area contributed by atoms with E-state index in [4.69, 9.17) is 9.47 Å². The van der Waals surface area contributed by atoms with Gasteiger partial charge in [-0.15, -0.1) is 0 Å². The van der Waals surface area contributed by atoms with E-state index in [2.05, 4.69) is 52.0 Å². The summed E-state index contributed by atoms with van der Waals surface area (Å²) in [5, 5.41) is 21.0. The van der Waals surface area contributed by atoms with Crippen LogP contribution in [0.1, 0.15) is 165 Å². The number of fused-ring (bicyclic) bond motifs is 10. The molecule has 0 bridgehead atoms. The summed E-state index contributed by atoms with van der Waals surface area (Å²) in [7, 11) is 0. The smallest absolute Gasteiger partial charge is 0.311 e. The minimum atomic E-state index is -0.117. The van der Waals surface area contributed by atoms with Gasteiger partial charge in [-0.25, -0.2) is 0 Å². The second kappa shape index (κ2) is 15.6. The molecule has 2 aromatic carbocycles. The van der Waals surface area contributed by atoms with Crippen LogP contribution >= 0.6 is 0 Å². The second-order valence-corrected chi connectivity index (χ2v) is 18.0. The molecule has 0 amide bonds. The van der Waals surface area contributed by atoms with Crippen molar-refractivity contribution in [2.24, 2.45) is 34.5 Å². The van der Waals surface area contributed by atoms with Crippen molar-refractivity contribution in [3.8, 4) is 11.5 Å². The van der Waals surface area contributed by atoms with Crippen molar-refractivity contribution < 1.29 is 29.3 Å². The fourth-order valence-corrected chi connectivity index (χ4v) is 12.2. The van der Waals surface area contributed by atoms with Gasteiger partial charge in [0.15, 0.2) is 0 Å². The Morgan fingerprint density at radius 2 is 1.06 bits per heavy atom. The summed E-state index contributed by atoms with van der Waals surface area (Å²) in [4.78, 5) is 23.8. The number of rotatable bonds is 8. The molecule has 0 spiro atoms. The number of aliphatic hydroxyl groups is 2. The molecule has 6 nitrogen and oxygen atoms in total. The number of hydrogen-bond acceptors (Lipinski definition) is 6. The lowest BCUT2D eigenvalue weighted by Crippen LogP contribution is -2.43. The molecule has 52 heavy (non-hydrogen) atoms. The summed E-state index contributed by atoms with van der Waals surface area (Å²) in [6.07, 6.45) is 18.1. The van der Waals surface area contributed by atoms with E-state index < -0.39 is 0 Å². The Kier molecular flexibility index (Phi) is 11.3. The molecular weight excluding hydrogens is 649 g/mol. The fourth-order valence-electron chi connectivity index (χ4n) is 12.2.